The zero-order chi connectivity index (χ0) is 17.6. The summed E-state index contributed by atoms with van der Waals surface area (Å²) in [6.45, 7) is 3.23. The van der Waals surface area contributed by atoms with Crippen molar-refractivity contribution in [2.24, 2.45) is 0 Å². The fourth-order valence-electron chi connectivity index (χ4n) is 3.62. The van der Waals surface area contributed by atoms with Crippen molar-refractivity contribution in [3.05, 3.63) is 54.0 Å². The van der Waals surface area contributed by atoms with Crippen molar-refractivity contribution in [1.82, 2.24) is 4.98 Å². The summed E-state index contributed by atoms with van der Waals surface area (Å²) in [4.78, 5) is 6.32. The van der Waals surface area contributed by atoms with E-state index in [4.69, 9.17) is 5.73 Å². The average Bonchev–Trinajstić information content (AvgIpc) is 3.00. The Balaban J connectivity index is 1.97. The Morgan fingerprint density at radius 2 is 2.12 bits per heavy atom. The minimum Gasteiger partial charge on any atom is -0.391 e. The molecule has 0 saturated carbocycles. The van der Waals surface area contributed by atoms with Crippen molar-refractivity contribution >= 4 is 22.3 Å². The normalized spacial score (nSPS) is 17.4. The van der Waals surface area contributed by atoms with Gasteiger partial charge in [-0.25, -0.2) is 9.37 Å². The van der Waals surface area contributed by atoms with Gasteiger partial charge in [0.15, 0.2) is 0 Å². The van der Waals surface area contributed by atoms with Crippen LogP contribution in [0.3, 0.4) is 0 Å². The number of nitrogens with two attached hydrogens (primary N) is 1. The van der Waals surface area contributed by atoms with Crippen LogP contribution in [0.25, 0.3) is 21.9 Å². The monoisotopic (exact) mass is 337 g/mol. The summed E-state index contributed by atoms with van der Waals surface area (Å²) in [7, 11) is 0. The summed E-state index contributed by atoms with van der Waals surface area (Å²) in [5, 5.41) is 11.8. The first-order valence-electron chi connectivity index (χ1n) is 8.40. The van der Waals surface area contributed by atoms with E-state index in [-0.39, 0.29) is 11.9 Å². The molecule has 0 amide bonds. The number of fused-ring (bicyclic) bond motifs is 1. The quantitative estimate of drug-likeness (QED) is 0.751. The molecule has 0 spiro atoms. The number of hydrogen-bond donors (Lipinski definition) is 2. The molecule has 25 heavy (non-hydrogen) atoms. The predicted octanol–water partition coefficient (Wildman–Crippen LogP) is 3.50. The van der Waals surface area contributed by atoms with E-state index in [0.717, 1.165) is 40.6 Å². The van der Waals surface area contributed by atoms with Crippen molar-refractivity contribution < 1.29 is 9.50 Å². The Morgan fingerprint density at radius 1 is 1.28 bits per heavy atom. The molecule has 1 aromatic heterocycles. The number of aliphatic hydroxyl groups is 1. The minimum atomic E-state index is -0.340. The van der Waals surface area contributed by atoms with Gasteiger partial charge in [0.2, 0.25) is 0 Å². The van der Waals surface area contributed by atoms with Gasteiger partial charge in [0.1, 0.15) is 11.6 Å². The first-order valence-corrected chi connectivity index (χ1v) is 8.40. The molecule has 3 aromatic rings. The standard InChI is InChI=1S/C20H20FN3O/c1-12-3-2-4-17(21)20(12)13-7-14-10-23-19(22)9-16(14)18(8-13)24-6-5-15(25)11-24/h2-4,7-10,15,25H,5-6,11H2,1H3,(H2,22,23)/t15-/m0/s1. The van der Waals surface area contributed by atoms with Gasteiger partial charge in [0.05, 0.1) is 6.10 Å². The van der Waals surface area contributed by atoms with Crippen molar-refractivity contribution in [3.8, 4) is 11.1 Å². The number of aromatic nitrogens is 1. The zero-order valence-electron chi connectivity index (χ0n) is 14.0. The summed E-state index contributed by atoms with van der Waals surface area (Å²) >= 11 is 0. The maximum atomic E-state index is 14.5. The Kier molecular flexibility index (Phi) is 3.81. The second kappa shape index (κ2) is 6.01. The van der Waals surface area contributed by atoms with Gasteiger partial charge in [-0.2, -0.15) is 0 Å². The van der Waals surface area contributed by atoms with Crippen LogP contribution in [0.5, 0.6) is 0 Å². The molecule has 0 unspecified atom stereocenters. The third-order valence-corrected chi connectivity index (χ3v) is 4.85. The van der Waals surface area contributed by atoms with Crippen molar-refractivity contribution in [2.75, 3.05) is 23.7 Å². The van der Waals surface area contributed by atoms with Gasteiger partial charge in [-0.3, -0.25) is 0 Å². The highest BCUT2D eigenvalue weighted by molar-refractivity contribution is 5.99. The molecule has 1 fully saturated rings. The van der Waals surface area contributed by atoms with Gasteiger partial charge in [-0.1, -0.05) is 12.1 Å². The summed E-state index contributed by atoms with van der Waals surface area (Å²) in [6.07, 6.45) is 2.11. The summed E-state index contributed by atoms with van der Waals surface area (Å²) in [5.41, 5.74) is 9.13. The Morgan fingerprint density at radius 3 is 2.84 bits per heavy atom. The highest BCUT2D eigenvalue weighted by Crippen LogP contribution is 2.37. The molecule has 2 heterocycles. The zero-order valence-corrected chi connectivity index (χ0v) is 14.0. The second-order valence-electron chi connectivity index (χ2n) is 6.65. The highest BCUT2D eigenvalue weighted by atomic mass is 19.1. The number of hydrogen-bond acceptors (Lipinski definition) is 4. The third kappa shape index (κ3) is 2.81. The van der Waals surface area contributed by atoms with Gasteiger partial charge < -0.3 is 15.7 Å². The fraction of sp³-hybridized carbons (Fsp3) is 0.250. The first kappa shape index (κ1) is 15.8. The number of halogens is 1. The molecule has 1 saturated heterocycles. The maximum Gasteiger partial charge on any atom is 0.131 e. The van der Waals surface area contributed by atoms with E-state index in [2.05, 4.69) is 9.88 Å². The number of aliphatic hydroxyl groups excluding tert-OH is 1. The highest BCUT2D eigenvalue weighted by Gasteiger charge is 2.23. The summed E-state index contributed by atoms with van der Waals surface area (Å²) in [5.74, 6) is 0.207. The van der Waals surface area contributed by atoms with Crippen LogP contribution in [0.4, 0.5) is 15.9 Å². The van der Waals surface area contributed by atoms with Crippen LogP contribution < -0.4 is 10.6 Å². The Bertz CT molecular complexity index is 937. The lowest BCUT2D eigenvalue weighted by molar-refractivity contribution is 0.198. The maximum absolute atomic E-state index is 14.5. The SMILES string of the molecule is Cc1cccc(F)c1-c1cc(N2CC[C@H](O)C2)c2cc(N)ncc2c1. The average molecular weight is 337 g/mol. The molecule has 0 radical (unpaired) electrons. The lowest BCUT2D eigenvalue weighted by Crippen LogP contribution is -2.21. The number of anilines is 2. The van der Waals surface area contributed by atoms with Crippen LogP contribution >= 0.6 is 0 Å². The number of pyridine rings is 1. The lowest BCUT2D eigenvalue weighted by Gasteiger charge is -2.22. The number of aryl methyl sites for hydroxylation is 1. The van der Waals surface area contributed by atoms with Gasteiger partial charge in [0.25, 0.3) is 0 Å². The van der Waals surface area contributed by atoms with Gasteiger partial charge in [-0.05, 0) is 48.7 Å². The van der Waals surface area contributed by atoms with Crippen LogP contribution in [0.2, 0.25) is 0 Å². The van der Waals surface area contributed by atoms with Crippen LogP contribution in [-0.2, 0) is 0 Å². The number of β-amino-alcohol motifs (C(OH)–C–C–N with tert-alkyl or cyclic N) is 1. The van der Waals surface area contributed by atoms with Crippen LogP contribution in [0.15, 0.2) is 42.6 Å². The Labute approximate surface area is 145 Å². The fourth-order valence-corrected chi connectivity index (χ4v) is 3.62. The summed E-state index contributed by atoms with van der Waals surface area (Å²) < 4.78 is 14.5. The molecular formula is C20H20FN3O. The molecule has 5 heteroatoms. The van der Waals surface area contributed by atoms with Crippen molar-refractivity contribution in [2.45, 2.75) is 19.4 Å². The van der Waals surface area contributed by atoms with E-state index in [0.29, 0.717) is 17.9 Å². The molecule has 128 valence electrons. The number of benzene rings is 2. The molecule has 1 aliphatic rings. The lowest BCUT2D eigenvalue weighted by atomic mass is 9.96. The van der Waals surface area contributed by atoms with Crippen LogP contribution in [0.1, 0.15) is 12.0 Å². The molecule has 2 aromatic carbocycles. The molecular weight excluding hydrogens is 317 g/mol. The molecule has 1 aliphatic heterocycles. The minimum absolute atomic E-state index is 0.241. The smallest absolute Gasteiger partial charge is 0.131 e. The predicted molar refractivity (Wildman–Crippen MR) is 99.1 cm³/mol. The van der Waals surface area contributed by atoms with Gasteiger partial charge in [-0.15, -0.1) is 0 Å². The van der Waals surface area contributed by atoms with Gasteiger partial charge >= 0.3 is 0 Å². The van der Waals surface area contributed by atoms with E-state index < -0.39 is 0 Å². The molecule has 0 aliphatic carbocycles. The van der Waals surface area contributed by atoms with Crippen molar-refractivity contribution in [3.63, 3.8) is 0 Å². The first-order chi connectivity index (χ1) is 12.0. The number of rotatable bonds is 2. The number of nitrogen functional groups attached to an aromatic ring is 1. The van der Waals surface area contributed by atoms with E-state index in [1.807, 2.05) is 31.2 Å². The third-order valence-electron chi connectivity index (χ3n) is 4.85. The Hall–Kier alpha value is -2.66. The van der Waals surface area contributed by atoms with E-state index in [1.54, 1.807) is 12.3 Å². The second-order valence-corrected chi connectivity index (χ2v) is 6.65. The number of nitrogens with zero attached hydrogens (tertiary/aromatic N) is 2. The topological polar surface area (TPSA) is 62.4 Å². The van der Waals surface area contributed by atoms with E-state index in [9.17, 15) is 9.50 Å². The van der Waals surface area contributed by atoms with Crippen molar-refractivity contribution in [1.29, 1.82) is 0 Å². The molecule has 4 nitrogen and oxygen atoms in total. The summed E-state index contributed by atoms with van der Waals surface area (Å²) in [6, 6.07) is 10.9. The van der Waals surface area contributed by atoms with E-state index >= 15 is 0 Å². The largest absolute Gasteiger partial charge is 0.391 e. The van der Waals surface area contributed by atoms with Gasteiger partial charge in [0, 0.05) is 41.3 Å². The van der Waals surface area contributed by atoms with Crippen LogP contribution in [0, 0.1) is 12.7 Å². The molecule has 1 atom stereocenters. The van der Waals surface area contributed by atoms with Crippen LogP contribution in [-0.4, -0.2) is 29.3 Å². The van der Waals surface area contributed by atoms with E-state index in [1.165, 1.54) is 6.07 Å². The molecule has 0 bridgehead atoms. The molecule has 4 rings (SSSR count). The molecule has 3 N–H and O–H groups in total.